The van der Waals surface area contributed by atoms with Gasteiger partial charge in [0, 0.05) is 18.7 Å². The van der Waals surface area contributed by atoms with E-state index >= 15 is 0 Å². The first-order valence-electron chi connectivity index (χ1n) is 4.95. The maximum absolute atomic E-state index is 10.7. The smallest absolute Gasteiger partial charge is 0.152 e. The summed E-state index contributed by atoms with van der Waals surface area (Å²) >= 11 is 0. The molecule has 0 saturated heterocycles. The summed E-state index contributed by atoms with van der Waals surface area (Å²) in [6.07, 6.45) is 2.56. The first-order valence-corrected chi connectivity index (χ1v) is 4.95. The summed E-state index contributed by atoms with van der Waals surface area (Å²) in [6, 6.07) is 7.69. The maximum Gasteiger partial charge on any atom is 0.152 e. The zero-order chi connectivity index (χ0) is 11.3. The van der Waals surface area contributed by atoms with Crippen molar-refractivity contribution >= 4 is 18.3 Å². The highest BCUT2D eigenvalue weighted by Gasteiger charge is 1.99. The van der Waals surface area contributed by atoms with Gasteiger partial charge in [-0.15, -0.1) is 0 Å². The van der Waals surface area contributed by atoms with E-state index < -0.39 is 0 Å². The van der Waals surface area contributed by atoms with Gasteiger partial charge in [0.15, 0.2) is 6.29 Å². The summed E-state index contributed by atoms with van der Waals surface area (Å²) in [5.74, 6) is 0. The van der Waals surface area contributed by atoms with E-state index in [9.17, 15) is 4.79 Å². The summed E-state index contributed by atoms with van der Waals surface area (Å²) in [5.41, 5.74) is 1.32. The van der Waals surface area contributed by atoms with Crippen LogP contribution in [0.1, 0.15) is 24.2 Å². The first-order chi connectivity index (χ1) is 7.15. The molecule has 15 heavy (non-hydrogen) atoms. The van der Waals surface area contributed by atoms with Gasteiger partial charge in [-0.05, 0) is 26.0 Å². The quantitative estimate of drug-likeness (QED) is 0.429. The molecule has 3 heteroatoms. The van der Waals surface area contributed by atoms with Crippen LogP contribution in [0.4, 0.5) is 5.69 Å². The van der Waals surface area contributed by atoms with Gasteiger partial charge in [0.25, 0.3) is 0 Å². The molecular weight excluding hydrogens is 188 g/mol. The number of aldehydes is 1. The Morgan fingerprint density at radius 1 is 1.33 bits per heavy atom. The van der Waals surface area contributed by atoms with Gasteiger partial charge in [-0.25, -0.2) is 4.99 Å². The molecule has 1 rings (SSSR count). The first kappa shape index (κ1) is 11.4. The van der Waals surface area contributed by atoms with E-state index in [4.69, 9.17) is 0 Å². The van der Waals surface area contributed by atoms with Crippen molar-refractivity contribution in [2.45, 2.75) is 19.9 Å². The summed E-state index contributed by atoms with van der Waals surface area (Å²) in [6.45, 7) is 4.16. The molecule has 0 fully saturated rings. The largest absolute Gasteiger partial charge is 0.363 e. The van der Waals surface area contributed by atoms with Gasteiger partial charge in [0.1, 0.15) is 0 Å². The average molecular weight is 204 g/mol. The summed E-state index contributed by atoms with van der Waals surface area (Å²) < 4.78 is 0. The zero-order valence-electron chi connectivity index (χ0n) is 9.34. The van der Waals surface area contributed by atoms with Gasteiger partial charge in [0.05, 0.1) is 12.0 Å². The van der Waals surface area contributed by atoms with Crippen LogP contribution in [0.3, 0.4) is 0 Å². The lowest BCUT2D eigenvalue weighted by atomic mass is 10.2. The number of para-hydroxylation sites is 1. The molecule has 0 aromatic heterocycles. The molecule has 0 atom stereocenters. The van der Waals surface area contributed by atoms with Crippen LogP contribution in [0.2, 0.25) is 0 Å². The molecular formula is C12H16N2O. The Balaban J connectivity index is 2.84. The Morgan fingerprint density at radius 2 is 2.00 bits per heavy atom. The molecule has 0 N–H and O–H groups in total. The minimum absolute atomic E-state index is 0.400. The molecule has 0 aliphatic heterocycles. The van der Waals surface area contributed by atoms with E-state index in [1.807, 2.05) is 30.1 Å². The SMILES string of the molecule is CC(C)N(C)C=Nc1ccccc1C=O. The standard InChI is InChI=1S/C12H16N2O/c1-10(2)14(3)9-13-12-7-5-4-6-11(12)8-15/h4-10H,1-3H3. The van der Waals surface area contributed by atoms with Crippen LogP contribution < -0.4 is 0 Å². The number of carbonyl (C=O) groups excluding carboxylic acids is 1. The van der Waals surface area contributed by atoms with Crippen molar-refractivity contribution in [2.75, 3.05) is 7.05 Å². The average Bonchev–Trinajstić information content (AvgIpc) is 2.26. The lowest BCUT2D eigenvalue weighted by Crippen LogP contribution is -2.24. The van der Waals surface area contributed by atoms with Crippen molar-refractivity contribution in [3.05, 3.63) is 29.8 Å². The van der Waals surface area contributed by atoms with E-state index in [0.29, 0.717) is 17.3 Å². The molecule has 80 valence electrons. The molecule has 0 amide bonds. The van der Waals surface area contributed by atoms with Gasteiger partial charge in [-0.1, -0.05) is 12.1 Å². The van der Waals surface area contributed by atoms with Crippen molar-refractivity contribution in [2.24, 2.45) is 4.99 Å². The van der Waals surface area contributed by atoms with Crippen LogP contribution in [0.15, 0.2) is 29.3 Å². The second-order valence-electron chi connectivity index (χ2n) is 3.68. The van der Waals surface area contributed by atoms with Gasteiger partial charge < -0.3 is 4.90 Å². The second kappa shape index (κ2) is 5.29. The highest BCUT2D eigenvalue weighted by atomic mass is 16.1. The normalized spacial score (nSPS) is 10.9. The molecule has 0 saturated carbocycles. The molecule has 0 aliphatic carbocycles. The highest BCUT2D eigenvalue weighted by Crippen LogP contribution is 2.15. The van der Waals surface area contributed by atoms with E-state index in [2.05, 4.69) is 18.8 Å². The van der Waals surface area contributed by atoms with Gasteiger partial charge in [-0.3, -0.25) is 4.79 Å². The number of nitrogens with zero attached hydrogens (tertiary/aromatic N) is 2. The van der Waals surface area contributed by atoms with Gasteiger partial charge in [-0.2, -0.15) is 0 Å². The van der Waals surface area contributed by atoms with E-state index in [-0.39, 0.29) is 0 Å². The monoisotopic (exact) mass is 204 g/mol. The number of hydrogen-bond donors (Lipinski definition) is 0. The number of benzene rings is 1. The predicted molar refractivity (Wildman–Crippen MR) is 62.9 cm³/mol. The second-order valence-corrected chi connectivity index (χ2v) is 3.68. The van der Waals surface area contributed by atoms with Crippen LogP contribution in [-0.2, 0) is 0 Å². The number of carbonyl (C=O) groups is 1. The third kappa shape index (κ3) is 3.20. The van der Waals surface area contributed by atoms with E-state index in [1.54, 1.807) is 12.4 Å². The summed E-state index contributed by atoms with van der Waals surface area (Å²) in [7, 11) is 1.96. The Labute approximate surface area is 90.4 Å². The van der Waals surface area contributed by atoms with Crippen LogP contribution in [-0.4, -0.2) is 30.6 Å². The minimum Gasteiger partial charge on any atom is -0.363 e. The molecule has 1 aromatic rings. The predicted octanol–water partition coefficient (Wildman–Crippen LogP) is 2.50. The van der Waals surface area contributed by atoms with Crippen LogP contribution in [0, 0.1) is 0 Å². The Morgan fingerprint density at radius 3 is 2.60 bits per heavy atom. The fourth-order valence-corrected chi connectivity index (χ4v) is 0.991. The molecule has 1 aromatic carbocycles. The Bertz CT molecular complexity index is 358. The van der Waals surface area contributed by atoms with E-state index in [1.165, 1.54) is 0 Å². The molecule has 0 unspecified atom stereocenters. The van der Waals surface area contributed by atoms with Crippen LogP contribution in [0.25, 0.3) is 0 Å². The molecule has 0 aliphatic rings. The third-order valence-electron chi connectivity index (χ3n) is 2.26. The van der Waals surface area contributed by atoms with Gasteiger partial charge >= 0.3 is 0 Å². The minimum atomic E-state index is 0.400. The topological polar surface area (TPSA) is 32.7 Å². The summed E-state index contributed by atoms with van der Waals surface area (Å²) in [5, 5.41) is 0. The Hall–Kier alpha value is -1.64. The molecule has 0 radical (unpaired) electrons. The molecule has 0 heterocycles. The lowest BCUT2D eigenvalue weighted by molar-refractivity contribution is 0.112. The van der Waals surface area contributed by atoms with Crippen molar-refractivity contribution in [1.82, 2.24) is 4.90 Å². The lowest BCUT2D eigenvalue weighted by Gasteiger charge is -2.17. The van der Waals surface area contributed by atoms with Crippen LogP contribution >= 0.6 is 0 Å². The van der Waals surface area contributed by atoms with Crippen molar-refractivity contribution < 1.29 is 4.79 Å². The van der Waals surface area contributed by atoms with E-state index in [0.717, 1.165) is 6.29 Å². The zero-order valence-corrected chi connectivity index (χ0v) is 9.34. The van der Waals surface area contributed by atoms with Crippen LogP contribution in [0.5, 0.6) is 0 Å². The number of aliphatic imine (C=N–C) groups is 1. The van der Waals surface area contributed by atoms with Crippen molar-refractivity contribution in [3.63, 3.8) is 0 Å². The number of hydrogen-bond acceptors (Lipinski definition) is 2. The molecule has 3 nitrogen and oxygen atoms in total. The number of rotatable bonds is 4. The fraction of sp³-hybridized carbons (Fsp3) is 0.333. The maximum atomic E-state index is 10.7. The van der Waals surface area contributed by atoms with Gasteiger partial charge in [0.2, 0.25) is 0 Å². The fourth-order valence-electron chi connectivity index (χ4n) is 0.991. The highest BCUT2D eigenvalue weighted by molar-refractivity contribution is 5.84. The van der Waals surface area contributed by atoms with Crippen molar-refractivity contribution in [3.8, 4) is 0 Å². The summed E-state index contributed by atoms with van der Waals surface area (Å²) in [4.78, 5) is 17.0. The van der Waals surface area contributed by atoms with Crippen molar-refractivity contribution in [1.29, 1.82) is 0 Å². The molecule has 0 bridgehead atoms. The third-order valence-corrected chi connectivity index (χ3v) is 2.26. The molecule has 0 spiro atoms. The Kier molecular flexibility index (Phi) is 4.03.